The van der Waals surface area contributed by atoms with Gasteiger partial charge in [0.25, 0.3) is 5.91 Å². The van der Waals surface area contributed by atoms with Crippen LogP contribution in [0.3, 0.4) is 0 Å². The van der Waals surface area contributed by atoms with Crippen LogP contribution in [0.25, 0.3) is 21.5 Å². The van der Waals surface area contributed by atoms with Crippen LogP contribution in [-0.2, 0) is 26.0 Å². The highest BCUT2D eigenvalue weighted by Gasteiger charge is 2.22. The summed E-state index contributed by atoms with van der Waals surface area (Å²) in [6.45, 7) is 6.53. The smallest absolute Gasteiger partial charge is 0.263 e. The minimum absolute atomic E-state index is 0.275. The van der Waals surface area contributed by atoms with Gasteiger partial charge in [0.2, 0.25) is 5.91 Å². The van der Waals surface area contributed by atoms with Gasteiger partial charge in [-0.25, -0.2) is 13.4 Å². The number of carbonyl (C=O) groups is 2. The van der Waals surface area contributed by atoms with Crippen LogP contribution in [0, 0.1) is 0 Å². The first-order valence-electron chi connectivity index (χ1n) is 11.2. The zero-order chi connectivity index (χ0) is 26.4. The minimum atomic E-state index is -4.06. The molecule has 0 aliphatic carbocycles. The predicted octanol–water partition coefficient (Wildman–Crippen LogP) is 3.89. The van der Waals surface area contributed by atoms with Gasteiger partial charge >= 0.3 is 0 Å². The van der Waals surface area contributed by atoms with Crippen LogP contribution >= 0.6 is 22.7 Å². The number of carbonyl (C=O) groups excluding carboxylic acids is 2. The number of anilines is 1. The van der Waals surface area contributed by atoms with Gasteiger partial charge in [0.1, 0.15) is 17.3 Å². The van der Waals surface area contributed by atoms with E-state index in [0.29, 0.717) is 29.4 Å². The van der Waals surface area contributed by atoms with E-state index in [1.54, 1.807) is 16.0 Å². The van der Waals surface area contributed by atoms with Gasteiger partial charge in [-0.05, 0) is 25.1 Å². The third kappa shape index (κ3) is 6.79. The summed E-state index contributed by atoms with van der Waals surface area (Å²) < 4.78 is 33.3. The molecule has 0 aliphatic rings. The molecule has 37 heavy (non-hydrogen) atoms. The monoisotopic (exact) mass is 556 g/mol. The highest BCUT2D eigenvalue weighted by molar-refractivity contribution is 7.92. The van der Waals surface area contributed by atoms with Crippen molar-refractivity contribution < 1.29 is 22.7 Å². The van der Waals surface area contributed by atoms with E-state index in [4.69, 9.17) is 4.74 Å². The van der Waals surface area contributed by atoms with E-state index in [2.05, 4.69) is 21.9 Å². The highest BCUT2D eigenvalue weighted by Crippen LogP contribution is 2.25. The van der Waals surface area contributed by atoms with Crippen molar-refractivity contribution in [2.45, 2.75) is 13.5 Å². The molecule has 4 rings (SSSR count). The van der Waals surface area contributed by atoms with Gasteiger partial charge in [-0.15, -0.1) is 17.9 Å². The average Bonchev–Trinajstić information content (AvgIpc) is 3.43. The van der Waals surface area contributed by atoms with Gasteiger partial charge in [0, 0.05) is 17.5 Å². The normalized spacial score (nSPS) is 12.0. The molecule has 0 saturated carbocycles. The standard InChI is InChI=1S/C25H24N4O5S3/c1-3-12-29-20-11-10-18(34-4-2)13-21(20)36-25(29)28-23(31)16-37(32,33)15-22(30)27-24-26-19(14-35-24)17-8-6-5-7-9-17/h3,5-11,13-14H,1,4,12,15-16H2,2H3,(H,26,27,30). The number of sulfone groups is 1. The number of fused-ring (bicyclic) bond motifs is 1. The average molecular weight is 557 g/mol. The molecule has 2 amide bonds. The summed E-state index contributed by atoms with van der Waals surface area (Å²) in [5, 5.41) is 4.53. The third-order valence-electron chi connectivity index (χ3n) is 5.01. The second-order valence-corrected chi connectivity index (χ2v) is 11.8. The van der Waals surface area contributed by atoms with Crippen LogP contribution in [-0.4, -0.2) is 47.9 Å². The van der Waals surface area contributed by atoms with Gasteiger partial charge in [-0.3, -0.25) is 9.59 Å². The van der Waals surface area contributed by atoms with Crippen molar-refractivity contribution >= 4 is 59.7 Å². The number of allylic oxidation sites excluding steroid dienone is 1. The summed E-state index contributed by atoms with van der Waals surface area (Å²) in [4.78, 5) is 33.6. The maximum Gasteiger partial charge on any atom is 0.263 e. The maximum atomic E-state index is 12.6. The number of nitrogens with one attached hydrogen (secondary N) is 1. The number of hydrogen-bond donors (Lipinski definition) is 1. The Kier molecular flexibility index (Phi) is 8.31. The topological polar surface area (TPSA) is 120 Å². The van der Waals surface area contributed by atoms with E-state index in [9.17, 15) is 18.0 Å². The van der Waals surface area contributed by atoms with E-state index < -0.39 is 33.2 Å². The Morgan fingerprint density at radius 2 is 1.97 bits per heavy atom. The summed E-state index contributed by atoms with van der Waals surface area (Å²) in [6.07, 6.45) is 1.66. The molecule has 0 spiro atoms. The summed E-state index contributed by atoms with van der Waals surface area (Å²) >= 11 is 2.43. The zero-order valence-electron chi connectivity index (χ0n) is 19.9. The molecule has 0 atom stereocenters. The summed E-state index contributed by atoms with van der Waals surface area (Å²) in [6, 6.07) is 14.9. The molecule has 12 heteroatoms. The molecule has 1 N–H and O–H groups in total. The van der Waals surface area contributed by atoms with E-state index in [1.165, 1.54) is 22.7 Å². The first-order valence-corrected chi connectivity index (χ1v) is 14.8. The first kappa shape index (κ1) is 26.5. The molecular weight excluding hydrogens is 532 g/mol. The maximum absolute atomic E-state index is 12.6. The Morgan fingerprint density at radius 3 is 2.70 bits per heavy atom. The van der Waals surface area contributed by atoms with Gasteiger partial charge in [-0.1, -0.05) is 47.7 Å². The van der Waals surface area contributed by atoms with Crippen molar-refractivity contribution in [2.75, 3.05) is 23.4 Å². The quantitative estimate of drug-likeness (QED) is 0.296. The summed E-state index contributed by atoms with van der Waals surface area (Å²) in [7, 11) is -4.06. The van der Waals surface area contributed by atoms with Crippen molar-refractivity contribution in [1.82, 2.24) is 9.55 Å². The second kappa shape index (κ2) is 11.6. The number of nitrogens with zero attached hydrogens (tertiary/aromatic N) is 3. The van der Waals surface area contributed by atoms with Gasteiger partial charge < -0.3 is 14.6 Å². The van der Waals surface area contributed by atoms with Crippen LogP contribution in [0.1, 0.15) is 6.92 Å². The minimum Gasteiger partial charge on any atom is -0.494 e. The van der Waals surface area contributed by atoms with Gasteiger partial charge in [0.15, 0.2) is 19.8 Å². The van der Waals surface area contributed by atoms with E-state index in [-0.39, 0.29) is 5.13 Å². The van der Waals surface area contributed by atoms with Crippen molar-refractivity contribution in [3.05, 3.63) is 71.4 Å². The molecule has 4 aromatic rings. The lowest BCUT2D eigenvalue weighted by Crippen LogP contribution is -2.28. The van der Waals surface area contributed by atoms with Crippen molar-refractivity contribution in [3.63, 3.8) is 0 Å². The van der Waals surface area contributed by atoms with Gasteiger partial charge in [0.05, 0.1) is 22.5 Å². The Morgan fingerprint density at radius 1 is 1.19 bits per heavy atom. The van der Waals surface area contributed by atoms with Crippen molar-refractivity contribution in [3.8, 4) is 17.0 Å². The molecule has 2 aromatic carbocycles. The highest BCUT2D eigenvalue weighted by atomic mass is 32.2. The van der Waals surface area contributed by atoms with Crippen molar-refractivity contribution in [2.24, 2.45) is 4.99 Å². The fraction of sp³-hybridized carbons (Fsp3) is 0.200. The molecule has 0 aliphatic heterocycles. The summed E-state index contributed by atoms with van der Waals surface area (Å²) in [5.74, 6) is -2.69. The molecule has 0 unspecified atom stereocenters. The Balaban J connectivity index is 1.45. The number of hydrogen-bond acceptors (Lipinski definition) is 8. The number of rotatable bonds is 10. The predicted molar refractivity (Wildman–Crippen MR) is 147 cm³/mol. The van der Waals surface area contributed by atoms with E-state index >= 15 is 0 Å². The fourth-order valence-electron chi connectivity index (χ4n) is 3.51. The number of thiazole rings is 2. The molecular formula is C25H24N4O5S3. The number of ether oxygens (including phenoxy) is 1. The second-order valence-electron chi connectivity index (χ2n) is 7.84. The van der Waals surface area contributed by atoms with Crippen molar-refractivity contribution in [1.29, 1.82) is 0 Å². The Hall–Kier alpha value is -3.61. The number of amides is 2. The molecule has 9 nitrogen and oxygen atoms in total. The van der Waals surface area contributed by atoms with E-state index in [0.717, 1.165) is 15.8 Å². The SMILES string of the molecule is C=CCn1c(=NC(=O)CS(=O)(=O)CC(=O)Nc2nc(-c3ccccc3)cs2)sc2cc(OCC)ccc21. The molecule has 192 valence electrons. The largest absolute Gasteiger partial charge is 0.494 e. The summed E-state index contributed by atoms with van der Waals surface area (Å²) in [5.41, 5.74) is 2.37. The van der Waals surface area contributed by atoms with E-state index in [1.807, 2.05) is 55.5 Å². The molecule has 2 aromatic heterocycles. The lowest BCUT2D eigenvalue weighted by molar-refractivity contribution is -0.115. The fourth-order valence-corrected chi connectivity index (χ4v) is 6.34. The molecule has 2 heterocycles. The van der Waals surface area contributed by atoms with Crippen LogP contribution in [0.2, 0.25) is 0 Å². The molecule has 0 saturated heterocycles. The number of benzene rings is 2. The lowest BCUT2D eigenvalue weighted by atomic mass is 10.2. The van der Waals surface area contributed by atoms with Gasteiger partial charge in [-0.2, -0.15) is 4.99 Å². The third-order valence-corrected chi connectivity index (χ3v) is 8.20. The lowest BCUT2D eigenvalue weighted by Gasteiger charge is -2.04. The Bertz CT molecular complexity index is 1620. The first-order chi connectivity index (χ1) is 17.8. The zero-order valence-corrected chi connectivity index (χ0v) is 22.4. The number of aromatic nitrogens is 2. The molecule has 0 radical (unpaired) electrons. The van der Waals surface area contributed by atoms with Crippen LogP contribution < -0.4 is 14.9 Å². The van der Waals surface area contributed by atoms with Crippen LogP contribution in [0.15, 0.2) is 71.6 Å². The molecule has 0 fully saturated rings. The molecule has 0 bridgehead atoms. The van der Waals surface area contributed by atoms with Crippen LogP contribution in [0.5, 0.6) is 5.75 Å². The van der Waals surface area contributed by atoms with Crippen LogP contribution in [0.4, 0.5) is 5.13 Å². The Labute approximate surface area is 221 Å².